The Labute approximate surface area is 172 Å². The number of nitrogens with zero attached hydrogens (tertiary/aromatic N) is 1. The zero-order valence-electron chi connectivity index (χ0n) is 17.1. The zero-order chi connectivity index (χ0) is 20.5. The van der Waals surface area contributed by atoms with Crippen molar-refractivity contribution in [3.05, 3.63) is 29.8 Å². The molecule has 1 aliphatic heterocycles. The molecule has 3 N–H and O–H groups in total. The fraction of sp³-hybridized carbons (Fsp3) is 0.619. The molecule has 1 fully saturated rings. The van der Waals surface area contributed by atoms with E-state index in [1.54, 1.807) is 42.0 Å². The minimum Gasteiger partial charge on any atom is -0.497 e. The number of thioether (sulfide) groups is 1. The lowest BCUT2D eigenvalue weighted by atomic mass is 10.1. The first-order valence-electron chi connectivity index (χ1n) is 10.1. The maximum absolute atomic E-state index is 13.3. The second kappa shape index (κ2) is 11.3. The van der Waals surface area contributed by atoms with E-state index in [0.29, 0.717) is 30.2 Å². The van der Waals surface area contributed by atoms with Crippen molar-refractivity contribution in [2.45, 2.75) is 50.9 Å². The largest absolute Gasteiger partial charge is 0.497 e. The number of methoxy groups -OCH3 is 1. The molecule has 2 rings (SSSR count). The number of carbonyl (C=O) groups is 2. The number of rotatable bonds is 10. The highest BCUT2D eigenvalue weighted by Crippen LogP contribution is 2.35. The molecule has 2 amide bonds. The van der Waals surface area contributed by atoms with Crippen LogP contribution in [-0.2, 0) is 4.79 Å². The SMILES string of the molecule is COc1cccc(C(=O)N2C(C(=O)NCCCCCCN)CSC2C(C)C)c1. The summed E-state index contributed by atoms with van der Waals surface area (Å²) in [4.78, 5) is 27.8. The van der Waals surface area contributed by atoms with E-state index in [1.807, 2.05) is 6.07 Å². The number of amides is 2. The number of hydrogen-bond acceptors (Lipinski definition) is 5. The molecule has 2 unspecified atom stereocenters. The Morgan fingerprint density at radius 2 is 2.04 bits per heavy atom. The van der Waals surface area contributed by atoms with Crippen molar-refractivity contribution in [1.82, 2.24) is 10.2 Å². The van der Waals surface area contributed by atoms with Gasteiger partial charge in [0, 0.05) is 17.9 Å². The number of carbonyl (C=O) groups excluding carboxylic acids is 2. The minimum atomic E-state index is -0.444. The maximum atomic E-state index is 13.3. The standard InChI is InChI=1S/C21H33N3O3S/c1-15(2)21-24(20(26)16-9-8-10-17(13-16)27-3)18(14-28-21)19(25)23-12-7-5-4-6-11-22/h8-10,13,15,18,21H,4-7,11-12,14,22H2,1-3H3,(H,23,25). The van der Waals surface area contributed by atoms with Crippen LogP contribution in [0.2, 0.25) is 0 Å². The van der Waals surface area contributed by atoms with Crippen LogP contribution in [0.1, 0.15) is 49.9 Å². The first-order valence-corrected chi connectivity index (χ1v) is 11.1. The van der Waals surface area contributed by atoms with Crippen molar-refractivity contribution in [1.29, 1.82) is 0 Å². The topological polar surface area (TPSA) is 84.7 Å². The van der Waals surface area contributed by atoms with Gasteiger partial charge in [-0.2, -0.15) is 0 Å². The smallest absolute Gasteiger partial charge is 0.255 e. The summed E-state index contributed by atoms with van der Waals surface area (Å²) in [5, 5.41) is 3.00. The summed E-state index contributed by atoms with van der Waals surface area (Å²) in [6.45, 7) is 5.52. The summed E-state index contributed by atoms with van der Waals surface area (Å²) < 4.78 is 5.25. The summed E-state index contributed by atoms with van der Waals surface area (Å²) in [5.41, 5.74) is 6.05. The second-order valence-electron chi connectivity index (χ2n) is 7.42. The molecule has 0 aliphatic carbocycles. The first kappa shape index (κ1) is 22.6. The normalized spacial score (nSPS) is 19.1. The third-order valence-electron chi connectivity index (χ3n) is 4.89. The van der Waals surface area contributed by atoms with Gasteiger partial charge in [0.05, 0.1) is 12.5 Å². The Hall–Kier alpha value is -1.73. The summed E-state index contributed by atoms with van der Waals surface area (Å²) in [6, 6.07) is 6.67. The molecule has 1 aliphatic rings. The fourth-order valence-corrected chi connectivity index (χ4v) is 4.84. The molecule has 0 saturated carbocycles. The molecule has 0 spiro atoms. The molecule has 1 aromatic carbocycles. The number of hydrogen-bond donors (Lipinski definition) is 2. The molecular formula is C21H33N3O3S. The van der Waals surface area contributed by atoms with E-state index in [1.165, 1.54) is 0 Å². The van der Waals surface area contributed by atoms with Gasteiger partial charge in [0.25, 0.3) is 5.91 Å². The molecule has 2 atom stereocenters. The average molecular weight is 408 g/mol. The van der Waals surface area contributed by atoms with Crippen LogP contribution in [0.15, 0.2) is 24.3 Å². The molecule has 0 aromatic heterocycles. The molecule has 1 saturated heterocycles. The van der Waals surface area contributed by atoms with Crippen LogP contribution in [0.5, 0.6) is 5.75 Å². The lowest BCUT2D eigenvalue weighted by Gasteiger charge is -2.31. The van der Waals surface area contributed by atoms with Gasteiger partial charge < -0.3 is 20.7 Å². The number of nitrogens with two attached hydrogens (primary N) is 1. The number of ether oxygens (including phenoxy) is 1. The van der Waals surface area contributed by atoms with Crippen molar-refractivity contribution < 1.29 is 14.3 Å². The van der Waals surface area contributed by atoms with Gasteiger partial charge in [-0.05, 0) is 43.5 Å². The maximum Gasteiger partial charge on any atom is 0.255 e. The van der Waals surface area contributed by atoms with Crippen LogP contribution in [0, 0.1) is 5.92 Å². The van der Waals surface area contributed by atoms with Crippen LogP contribution in [0.25, 0.3) is 0 Å². The zero-order valence-corrected chi connectivity index (χ0v) is 18.0. The molecule has 1 heterocycles. The van der Waals surface area contributed by atoms with Crippen molar-refractivity contribution in [2.24, 2.45) is 11.7 Å². The summed E-state index contributed by atoms with van der Waals surface area (Å²) >= 11 is 1.68. The predicted octanol–water partition coefficient (Wildman–Crippen LogP) is 2.87. The van der Waals surface area contributed by atoms with Gasteiger partial charge in [-0.25, -0.2) is 0 Å². The number of unbranched alkanes of at least 4 members (excludes halogenated alkanes) is 3. The van der Waals surface area contributed by atoms with Gasteiger partial charge in [0.2, 0.25) is 5.91 Å². The molecular weight excluding hydrogens is 374 g/mol. The Balaban J connectivity index is 2.06. The minimum absolute atomic E-state index is 0.0148. The van der Waals surface area contributed by atoms with Gasteiger partial charge in [0.15, 0.2) is 0 Å². The van der Waals surface area contributed by atoms with E-state index >= 15 is 0 Å². The van der Waals surface area contributed by atoms with Crippen LogP contribution in [-0.4, -0.2) is 54.1 Å². The average Bonchev–Trinajstić information content (AvgIpc) is 3.15. The van der Waals surface area contributed by atoms with Gasteiger partial charge in [0.1, 0.15) is 11.8 Å². The van der Waals surface area contributed by atoms with Gasteiger partial charge in [-0.1, -0.05) is 32.8 Å². The van der Waals surface area contributed by atoms with Crippen LogP contribution >= 0.6 is 11.8 Å². The van der Waals surface area contributed by atoms with Gasteiger partial charge in [-0.3, -0.25) is 9.59 Å². The van der Waals surface area contributed by atoms with Crippen molar-refractivity contribution in [2.75, 3.05) is 26.0 Å². The molecule has 0 radical (unpaired) electrons. The Morgan fingerprint density at radius 3 is 2.71 bits per heavy atom. The Morgan fingerprint density at radius 1 is 1.29 bits per heavy atom. The van der Waals surface area contributed by atoms with Gasteiger partial charge in [-0.15, -0.1) is 11.8 Å². The summed E-state index contributed by atoms with van der Waals surface area (Å²) in [5.74, 6) is 1.33. The quantitative estimate of drug-likeness (QED) is 0.583. The van der Waals surface area contributed by atoms with E-state index in [2.05, 4.69) is 19.2 Å². The predicted molar refractivity (Wildman–Crippen MR) is 115 cm³/mol. The van der Waals surface area contributed by atoms with Crippen LogP contribution in [0.4, 0.5) is 0 Å². The van der Waals surface area contributed by atoms with Crippen molar-refractivity contribution in [3.8, 4) is 5.75 Å². The van der Waals surface area contributed by atoms with E-state index < -0.39 is 6.04 Å². The van der Waals surface area contributed by atoms with E-state index in [4.69, 9.17) is 10.5 Å². The molecule has 156 valence electrons. The van der Waals surface area contributed by atoms with E-state index in [0.717, 1.165) is 25.7 Å². The highest BCUT2D eigenvalue weighted by atomic mass is 32.2. The number of nitrogens with one attached hydrogen (secondary N) is 1. The number of benzene rings is 1. The van der Waals surface area contributed by atoms with Crippen molar-refractivity contribution >= 4 is 23.6 Å². The lowest BCUT2D eigenvalue weighted by Crippen LogP contribution is -2.51. The van der Waals surface area contributed by atoms with E-state index in [-0.39, 0.29) is 23.1 Å². The molecule has 7 heteroatoms. The molecule has 1 aromatic rings. The second-order valence-corrected chi connectivity index (χ2v) is 8.57. The van der Waals surface area contributed by atoms with Crippen LogP contribution < -0.4 is 15.8 Å². The highest BCUT2D eigenvalue weighted by molar-refractivity contribution is 8.00. The third kappa shape index (κ3) is 5.88. The lowest BCUT2D eigenvalue weighted by molar-refractivity contribution is -0.124. The first-order chi connectivity index (χ1) is 13.5. The Kier molecular flexibility index (Phi) is 9.12. The fourth-order valence-electron chi connectivity index (χ4n) is 3.36. The van der Waals surface area contributed by atoms with E-state index in [9.17, 15) is 9.59 Å². The van der Waals surface area contributed by atoms with Crippen molar-refractivity contribution in [3.63, 3.8) is 0 Å². The molecule has 0 bridgehead atoms. The van der Waals surface area contributed by atoms with Gasteiger partial charge >= 0.3 is 0 Å². The summed E-state index contributed by atoms with van der Waals surface area (Å²) in [6.07, 6.45) is 4.09. The van der Waals surface area contributed by atoms with Crippen LogP contribution in [0.3, 0.4) is 0 Å². The monoisotopic (exact) mass is 407 g/mol. The summed E-state index contributed by atoms with van der Waals surface area (Å²) in [7, 11) is 1.58. The third-order valence-corrected chi connectivity index (χ3v) is 6.51. The highest BCUT2D eigenvalue weighted by Gasteiger charge is 2.42. The molecule has 28 heavy (non-hydrogen) atoms. The Bertz CT molecular complexity index is 654. The molecule has 6 nitrogen and oxygen atoms in total.